The van der Waals surface area contributed by atoms with E-state index in [9.17, 15) is 4.79 Å². The Morgan fingerprint density at radius 2 is 2.10 bits per heavy atom. The summed E-state index contributed by atoms with van der Waals surface area (Å²) in [4.78, 5) is 12.2. The van der Waals surface area contributed by atoms with Crippen molar-refractivity contribution in [2.75, 3.05) is 0 Å². The van der Waals surface area contributed by atoms with Crippen LogP contribution in [-0.2, 0) is 0 Å². The second-order valence-electron chi connectivity index (χ2n) is 5.54. The first kappa shape index (κ1) is 14.1. The van der Waals surface area contributed by atoms with Gasteiger partial charge in [0.2, 0.25) is 0 Å². The van der Waals surface area contributed by atoms with Crippen LogP contribution < -0.4 is 5.32 Å². The number of carbonyl (C=O) groups is 1. The van der Waals surface area contributed by atoms with Gasteiger partial charge in [0.25, 0.3) is 5.91 Å². The summed E-state index contributed by atoms with van der Waals surface area (Å²) in [5, 5.41) is 7.97. The highest BCUT2D eigenvalue weighted by Crippen LogP contribution is 2.30. The first-order valence-corrected chi connectivity index (χ1v) is 7.62. The van der Waals surface area contributed by atoms with Gasteiger partial charge in [0.1, 0.15) is 0 Å². The lowest BCUT2D eigenvalue weighted by atomic mass is 9.93. The summed E-state index contributed by atoms with van der Waals surface area (Å²) in [6, 6.07) is 7.90. The second-order valence-corrected chi connectivity index (χ2v) is 5.98. The molecule has 21 heavy (non-hydrogen) atoms. The highest BCUT2D eigenvalue weighted by molar-refractivity contribution is 6.30. The summed E-state index contributed by atoms with van der Waals surface area (Å²) in [5.74, 6) is -0.0944. The van der Waals surface area contributed by atoms with Crippen molar-refractivity contribution in [3.05, 3.63) is 52.8 Å². The number of carbonyl (C=O) groups excluding carboxylic acids is 1. The van der Waals surface area contributed by atoms with Gasteiger partial charge in [-0.15, -0.1) is 0 Å². The number of hydrogen-bond acceptors (Lipinski definition) is 2. The van der Waals surface area contributed by atoms with Crippen molar-refractivity contribution in [1.29, 1.82) is 0 Å². The largest absolute Gasteiger partial charge is 0.345 e. The maximum Gasteiger partial charge on any atom is 0.254 e. The fourth-order valence-corrected chi connectivity index (χ4v) is 2.55. The van der Waals surface area contributed by atoms with E-state index in [-0.39, 0.29) is 11.9 Å². The Morgan fingerprint density at radius 1 is 1.38 bits per heavy atom. The number of amides is 1. The van der Waals surface area contributed by atoms with Crippen molar-refractivity contribution in [1.82, 2.24) is 15.1 Å². The zero-order valence-electron chi connectivity index (χ0n) is 11.9. The molecular formula is C16H18ClN3O. The average molecular weight is 304 g/mol. The molecule has 3 rings (SSSR count). The van der Waals surface area contributed by atoms with Gasteiger partial charge in [-0.1, -0.05) is 23.7 Å². The number of benzene rings is 1. The predicted octanol–water partition coefficient (Wildman–Crippen LogP) is 3.75. The number of nitrogens with one attached hydrogen (secondary N) is 1. The number of aromatic nitrogens is 2. The summed E-state index contributed by atoms with van der Waals surface area (Å²) in [7, 11) is 0. The fraction of sp³-hybridized carbons (Fsp3) is 0.375. The van der Waals surface area contributed by atoms with E-state index in [0.29, 0.717) is 16.6 Å². The smallest absolute Gasteiger partial charge is 0.254 e. The van der Waals surface area contributed by atoms with Gasteiger partial charge in [-0.05, 0) is 43.9 Å². The Balaban J connectivity index is 1.65. The van der Waals surface area contributed by atoms with Crippen molar-refractivity contribution in [2.24, 2.45) is 0 Å². The molecule has 1 atom stereocenters. The van der Waals surface area contributed by atoms with Crippen LogP contribution in [-0.4, -0.2) is 15.7 Å². The second kappa shape index (κ2) is 5.90. The maximum absolute atomic E-state index is 12.2. The number of halogens is 1. The van der Waals surface area contributed by atoms with Crippen LogP contribution in [0.4, 0.5) is 0 Å². The topological polar surface area (TPSA) is 46.9 Å². The van der Waals surface area contributed by atoms with Crippen LogP contribution >= 0.6 is 11.6 Å². The van der Waals surface area contributed by atoms with Crippen LogP contribution in [0.15, 0.2) is 36.7 Å². The first-order chi connectivity index (χ1) is 10.1. The van der Waals surface area contributed by atoms with Crippen LogP contribution in [0, 0.1) is 0 Å². The molecule has 2 aromatic rings. The van der Waals surface area contributed by atoms with Gasteiger partial charge in [-0.2, -0.15) is 5.10 Å². The molecule has 1 aromatic carbocycles. The van der Waals surface area contributed by atoms with Crippen molar-refractivity contribution in [3.63, 3.8) is 0 Å². The Morgan fingerprint density at radius 3 is 2.71 bits per heavy atom. The highest BCUT2D eigenvalue weighted by atomic mass is 35.5. The Bertz CT molecular complexity index is 631. The predicted molar refractivity (Wildman–Crippen MR) is 82.4 cm³/mol. The van der Waals surface area contributed by atoms with Crippen LogP contribution in [0.2, 0.25) is 5.02 Å². The van der Waals surface area contributed by atoms with Gasteiger partial charge < -0.3 is 5.32 Å². The third kappa shape index (κ3) is 3.10. The lowest BCUT2D eigenvalue weighted by molar-refractivity contribution is 0.0939. The van der Waals surface area contributed by atoms with Gasteiger partial charge in [0.15, 0.2) is 0 Å². The lowest BCUT2D eigenvalue weighted by Crippen LogP contribution is -2.26. The third-order valence-corrected chi connectivity index (χ3v) is 4.28. The summed E-state index contributed by atoms with van der Waals surface area (Å²) in [6.45, 7) is 1.96. The SMILES string of the molecule is C[C@H](NC(=O)c1cnn(C2CCC2)c1)c1ccc(Cl)cc1. The summed E-state index contributed by atoms with van der Waals surface area (Å²) in [5.41, 5.74) is 1.64. The van der Waals surface area contributed by atoms with Crippen LogP contribution in [0.5, 0.6) is 0 Å². The third-order valence-electron chi connectivity index (χ3n) is 4.03. The molecule has 1 heterocycles. The molecule has 1 N–H and O–H groups in total. The zero-order valence-corrected chi connectivity index (χ0v) is 12.7. The van der Waals surface area contributed by atoms with Crippen LogP contribution in [0.25, 0.3) is 0 Å². The van der Waals surface area contributed by atoms with Crippen LogP contribution in [0.1, 0.15) is 54.2 Å². The van der Waals surface area contributed by atoms with E-state index >= 15 is 0 Å². The molecule has 0 bridgehead atoms. The minimum absolute atomic E-state index is 0.0678. The molecule has 1 saturated carbocycles. The number of nitrogens with zero attached hydrogens (tertiary/aromatic N) is 2. The van der Waals surface area contributed by atoms with E-state index in [1.54, 1.807) is 6.20 Å². The zero-order chi connectivity index (χ0) is 14.8. The normalized spacial score (nSPS) is 16.3. The number of rotatable bonds is 4. The molecule has 0 spiro atoms. The molecule has 0 aliphatic heterocycles. The molecule has 1 aliphatic rings. The monoisotopic (exact) mass is 303 g/mol. The van der Waals surface area contributed by atoms with E-state index in [4.69, 9.17) is 11.6 Å². The minimum Gasteiger partial charge on any atom is -0.345 e. The van der Waals surface area contributed by atoms with E-state index in [1.165, 1.54) is 6.42 Å². The average Bonchev–Trinajstić information content (AvgIpc) is 2.86. The molecule has 0 unspecified atom stereocenters. The van der Waals surface area contributed by atoms with Gasteiger partial charge in [-0.3, -0.25) is 9.48 Å². The molecule has 1 aromatic heterocycles. The van der Waals surface area contributed by atoms with Crippen molar-refractivity contribution in [3.8, 4) is 0 Å². The molecule has 110 valence electrons. The standard InChI is InChI=1S/C16H18ClN3O/c1-11(12-5-7-14(17)8-6-12)19-16(21)13-9-18-20(10-13)15-3-2-4-15/h5-11,15H,2-4H2,1H3,(H,19,21)/t11-/m0/s1. The lowest BCUT2D eigenvalue weighted by Gasteiger charge is -2.25. The van der Waals surface area contributed by atoms with Crippen molar-refractivity contribution >= 4 is 17.5 Å². The molecule has 0 saturated heterocycles. The number of hydrogen-bond donors (Lipinski definition) is 1. The Kier molecular flexibility index (Phi) is 3.97. The van der Waals surface area contributed by atoms with E-state index in [0.717, 1.165) is 18.4 Å². The Labute approximate surface area is 129 Å². The van der Waals surface area contributed by atoms with E-state index in [1.807, 2.05) is 42.1 Å². The molecule has 0 radical (unpaired) electrons. The molecule has 1 fully saturated rings. The molecule has 4 nitrogen and oxygen atoms in total. The van der Waals surface area contributed by atoms with E-state index in [2.05, 4.69) is 10.4 Å². The first-order valence-electron chi connectivity index (χ1n) is 7.24. The summed E-state index contributed by atoms with van der Waals surface area (Å²) < 4.78 is 1.91. The highest BCUT2D eigenvalue weighted by Gasteiger charge is 2.21. The quantitative estimate of drug-likeness (QED) is 0.935. The Hall–Kier alpha value is -1.81. The van der Waals surface area contributed by atoms with Crippen LogP contribution in [0.3, 0.4) is 0 Å². The van der Waals surface area contributed by atoms with Gasteiger partial charge in [0.05, 0.1) is 23.8 Å². The van der Waals surface area contributed by atoms with Gasteiger partial charge in [0, 0.05) is 11.2 Å². The fourth-order valence-electron chi connectivity index (χ4n) is 2.42. The van der Waals surface area contributed by atoms with Crippen molar-refractivity contribution in [2.45, 2.75) is 38.3 Å². The molecule has 5 heteroatoms. The molecule has 1 amide bonds. The minimum atomic E-state index is -0.0944. The molecule has 1 aliphatic carbocycles. The van der Waals surface area contributed by atoms with Gasteiger partial charge in [-0.25, -0.2) is 0 Å². The van der Waals surface area contributed by atoms with Crippen molar-refractivity contribution < 1.29 is 4.79 Å². The maximum atomic E-state index is 12.2. The van der Waals surface area contributed by atoms with Gasteiger partial charge >= 0.3 is 0 Å². The summed E-state index contributed by atoms with van der Waals surface area (Å²) >= 11 is 5.87. The molecular weight excluding hydrogens is 286 g/mol. The van der Waals surface area contributed by atoms with E-state index < -0.39 is 0 Å². The summed E-state index contributed by atoms with van der Waals surface area (Å²) in [6.07, 6.45) is 7.05.